The Morgan fingerprint density at radius 3 is 2.12 bits per heavy atom. The van der Waals surface area contributed by atoms with Crippen LogP contribution in [-0.4, -0.2) is 18.1 Å². The molecule has 17 heavy (non-hydrogen) atoms. The van der Waals surface area contributed by atoms with E-state index in [1.807, 2.05) is 58.0 Å². The largest absolute Gasteiger partial charge is 0.459 e. The lowest BCUT2D eigenvalue weighted by molar-refractivity contribution is -0.161. The topological polar surface area (TPSA) is 52.3 Å². The van der Waals surface area contributed by atoms with Crippen LogP contribution in [0.4, 0.5) is 0 Å². The maximum Gasteiger partial charge on any atom is 0.318 e. The Balaban J connectivity index is 3.01. The SMILES string of the molecule is CC(C)(C)OC(=O)[C@](C)(CN)c1ccccc1. The molecule has 2 N–H and O–H groups in total. The van der Waals surface area contributed by atoms with Crippen LogP contribution in [-0.2, 0) is 14.9 Å². The predicted molar refractivity (Wildman–Crippen MR) is 68.7 cm³/mol. The molecule has 94 valence electrons. The summed E-state index contributed by atoms with van der Waals surface area (Å²) in [4.78, 5) is 12.2. The number of rotatable bonds is 3. The number of nitrogens with two attached hydrogens (primary N) is 1. The third kappa shape index (κ3) is 3.30. The summed E-state index contributed by atoms with van der Waals surface area (Å²) in [6.45, 7) is 7.61. The molecule has 0 aliphatic carbocycles. The second-order valence-electron chi connectivity index (χ2n) is 5.40. The van der Waals surface area contributed by atoms with Crippen molar-refractivity contribution in [3.05, 3.63) is 35.9 Å². The van der Waals surface area contributed by atoms with Crippen LogP contribution >= 0.6 is 0 Å². The van der Waals surface area contributed by atoms with E-state index >= 15 is 0 Å². The van der Waals surface area contributed by atoms with E-state index in [1.54, 1.807) is 0 Å². The molecule has 0 bridgehead atoms. The van der Waals surface area contributed by atoms with Gasteiger partial charge in [-0.05, 0) is 33.3 Å². The molecule has 0 heterocycles. The molecule has 0 saturated heterocycles. The van der Waals surface area contributed by atoms with Crippen molar-refractivity contribution in [1.29, 1.82) is 0 Å². The highest BCUT2D eigenvalue weighted by atomic mass is 16.6. The molecular formula is C14H21NO2. The molecule has 0 unspecified atom stereocenters. The molecule has 1 aromatic carbocycles. The minimum Gasteiger partial charge on any atom is -0.459 e. The van der Waals surface area contributed by atoms with Gasteiger partial charge in [0.05, 0.1) is 0 Å². The maximum atomic E-state index is 12.2. The zero-order valence-corrected chi connectivity index (χ0v) is 11.0. The van der Waals surface area contributed by atoms with Gasteiger partial charge in [-0.2, -0.15) is 0 Å². The number of carbonyl (C=O) groups excluding carboxylic acids is 1. The Morgan fingerprint density at radius 2 is 1.71 bits per heavy atom. The summed E-state index contributed by atoms with van der Waals surface area (Å²) in [5.41, 5.74) is 5.36. The van der Waals surface area contributed by atoms with Gasteiger partial charge in [0.25, 0.3) is 0 Å². The number of ether oxygens (including phenoxy) is 1. The highest BCUT2D eigenvalue weighted by Gasteiger charge is 2.37. The summed E-state index contributed by atoms with van der Waals surface area (Å²) in [6.07, 6.45) is 0. The van der Waals surface area contributed by atoms with Crippen molar-refractivity contribution in [2.24, 2.45) is 5.73 Å². The fraction of sp³-hybridized carbons (Fsp3) is 0.500. The van der Waals surface area contributed by atoms with Crippen molar-refractivity contribution in [3.8, 4) is 0 Å². The second kappa shape index (κ2) is 4.88. The monoisotopic (exact) mass is 235 g/mol. The Hall–Kier alpha value is -1.35. The molecule has 3 nitrogen and oxygen atoms in total. The maximum absolute atomic E-state index is 12.2. The zero-order chi connectivity index (χ0) is 13.1. The standard InChI is InChI=1S/C14H21NO2/c1-13(2,3)17-12(16)14(4,10-15)11-8-6-5-7-9-11/h5-9H,10,15H2,1-4H3/t14-/m1/s1. The van der Waals surface area contributed by atoms with Gasteiger partial charge >= 0.3 is 5.97 Å². The molecule has 1 aromatic rings. The van der Waals surface area contributed by atoms with Crippen LogP contribution in [0.1, 0.15) is 33.3 Å². The number of esters is 1. The van der Waals surface area contributed by atoms with E-state index in [0.29, 0.717) is 0 Å². The first-order chi connectivity index (χ1) is 7.79. The Morgan fingerprint density at radius 1 is 1.18 bits per heavy atom. The molecular weight excluding hydrogens is 214 g/mol. The summed E-state index contributed by atoms with van der Waals surface area (Å²) in [5.74, 6) is -0.279. The van der Waals surface area contributed by atoms with Crippen LogP contribution in [0.5, 0.6) is 0 Å². The number of carbonyl (C=O) groups is 1. The zero-order valence-electron chi connectivity index (χ0n) is 11.0. The Kier molecular flexibility index (Phi) is 3.94. The quantitative estimate of drug-likeness (QED) is 0.817. The fourth-order valence-corrected chi connectivity index (χ4v) is 1.52. The molecule has 3 heteroatoms. The third-order valence-corrected chi connectivity index (χ3v) is 2.67. The lowest BCUT2D eigenvalue weighted by atomic mass is 9.82. The van der Waals surface area contributed by atoms with Crippen LogP contribution < -0.4 is 5.73 Å². The molecule has 0 aliphatic rings. The van der Waals surface area contributed by atoms with Crippen molar-refractivity contribution < 1.29 is 9.53 Å². The van der Waals surface area contributed by atoms with E-state index in [-0.39, 0.29) is 12.5 Å². The molecule has 0 radical (unpaired) electrons. The molecule has 0 aliphatic heterocycles. The van der Waals surface area contributed by atoms with E-state index in [2.05, 4.69) is 0 Å². The number of benzene rings is 1. The van der Waals surface area contributed by atoms with Gasteiger partial charge in [-0.3, -0.25) is 4.79 Å². The summed E-state index contributed by atoms with van der Waals surface area (Å²) in [7, 11) is 0. The van der Waals surface area contributed by atoms with Crippen molar-refractivity contribution in [3.63, 3.8) is 0 Å². The molecule has 0 spiro atoms. The first-order valence-electron chi connectivity index (χ1n) is 5.78. The lowest BCUT2D eigenvalue weighted by Crippen LogP contribution is -2.44. The van der Waals surface area contributed by atoms with Gasteiger partial charge in [0, 0.05) is 6.54 Å². The number of hydrogen-bond donors (Lipinski definition) is 1. The van der Waals surface area contributed by atoms with Crippen LogP contribution in [0.15, 0.2) is 30.3 Å². The molecule has 0 aromatic heterocycles. The first-order valence-corrected chi connectivity index (χ1v) is 5.78. The Labute approximate surface area is 103 Å². The minimum absolute atomic E-state index is 0.228. The molecule has 1 rings (SSSR count). The van der Waals surface area contributed by atoms with Gasteiger partial charge in [0.15, 0.2) is 0 Å². The van der Waals surface area contributed by atoms with E-state index < -0.39 is 11.0 Å². The van der Waals surface area contributed by atoms with Crippen LogP contribution in [0.25, 0.3) is 0 Å². The van der Waals surface area contributed by atoms with Gasteiger partial charge in [0.2, 0.25) is 0 Å². The summed E-state index contributed by atoms with van der Waals surface area (Å²) < 4.78 is 5.43. The van der Waals surface area contributed by atoms with Gasteiger partial charge in [-0.15, -0.1) is 0 Å². The number of hydrogen-bond acceptors (Lipinski definition) is 3. The average Bonchev–Trinajstić information content (AvgIpc) is 2.27. The summed E-state index contributed by atoms with van der Waals surface area (Å²) in [5, 5.41) is 0. The molecule has 0 fully saturated rings. The molecule has 0 amide bonds. The van der Waals surface area contributed by atoms with E-state index in [4.69, 9.17) is 10.5 Å². The highest BCUT2D eigenvalue weighted by Crippen LogP contribution is 2.26. The summed E-state index contributed by atoms with van der Waals surface area (Å²) in [6, 6.07) is 9.50. The molecule has 0 saturated carbocycles. The van der Waals surface area contributed by atoms with Crippen molar-refractivity contribution in [2.45, 2.75) is 38.7 Å². The van der Waals surface area contributed by atoms with Crippen LogP contribution in [0, 0.1) is 0 Å². The normalized spacial score (nSPS) is 15.1. The highest BCUT2D eigenvalue weighted by molar-refractivity contribution is 5.83. The van der Waals surface area contributed by atoms with Crippen LogP contribution in [0.3, 0.4) is 0 Å². The first kappa shape index (κ1) is 13.7. The predicted octanol–water partition coefficient (Wildman–Crippen LogP) is 2.24. The van der Waals surface area contributed by atoms with Crippen molar-refractivity contribution >= 4 is 5.97 Å². The second-order valence-corrected chi connectivity index (χ2v) is 5.40. The third-order valence-electron chi connectivity index (χ3n) is 2.67. The molecule has 1 atom stereocenters. The van der Waals surface area contributed by atoms with Crippen molar-refractivity contribution in [2.75, 3.05) is 6.54 Å². The van der Waals surface area contributed by atoms with Crippen LogP contribution in [0.2, 0.25) is 0 Å². The van der Waals surface area contributed by atoms with Gasteiger partial charge in [-0.25, -0.2) is 0 Å². The van der Waals surface area contributed by atoms with E-state index in [1.165, 1.54) is 0 Å². The fourth-order valence-electron chi connectivity index (χ4n) is 1.52. The van der Waals surface area contributed by atoms with Crippen molar-refractivity contribution in [1.82, 2.24) is 0 Å². The minimum atomic E-state index is -0.783. The smallest absolute Gasteiger partial charge is 0.318 e. The van der Waals surface area contributed by atoms with E-state index in [9.17, 15) is 4.79 Å². The van der Waals surface area contributed by atoms with Gasteiger partial charge in [0.1, 0.15) is 11.0 Å². The Bertz CT molecular complexity index is 381. The van der Waals surface area contributed by atoms with Gasteiger partial charge in [-0.1, -0.05) is 30.3 Å². The van der Waals surface area contributed by atoms with Gasteiger partial charge < -0.3 is 10.5 Å². The van der Waals surface area contributed by atoms with E-state index in [0.717, 1.165) is 5.56 Å². The lowest BCUT2D eigenvalue weighted by Gasteiger charge is -2.30. The summed E-state index contributed by atoms with van der Waals surface area (Å²) >= 11 is 0. The average molecular weight is 235 g/mol.